The van der Waals surface area contributed by atoms with Crippen LogP contribution >= 0.6 is 15.9 Å². The Balaban J connectivity index is 1.88. The lowest BCUT2D eigenvalue weighted by Crippen LogP contribution is -2.41. The Kier molecular flexibility index (Phi) is 3.03. The van der Waals surface area contributed by atoms with Crippen LogP contribution in [0.3, 0.4) is 0 Å². The topological polar surface area (TPSA) is 51.0 Å². The minimum atomic E-state index is -0.0805. The van der Waals surface area contributed by atoms with Crippen molar-refractivity contribution in [1.29, 1.82) is 0 Å². The summed E-state index contributed by atoms with van der Waals surface area (Å²) in [5, 5.41) is 7.96. The first-order valence-corrected chi connectivity index (χ1v) is 6.91. The van der Waals surface area contributed by atoms with E-state index in [-0.39, 0.29) is 6.03 Å². The number of hydrogen-bond acceptors (Lipinski definition) is 3. The van der Waals surface area contributed by atoms with Gasteiger partial charge in [0, 0.05) is 17.9 Å². The highest BCUT2D eigenvalue weighted by atomic mass is 79.9. The maximum absolute atomic E-state index is 12.4. The predicted molar refractivity (Wildman–Crippen MR) is 71.8 cm³/mol. The van der Waals surface area contributed by atoms with Gasteiger partial charge in [-0.25, -0.2) is 4.79 Å². The van der Waals surface area contributed by atoms with E-state index in [2.05, 4.69) is 26.2 Å². The zero-order valence-electron chi connectivity index (χ0n) is 9.79. The number of aromatic nitrogens is 3. The number of carbonyl (C=O) groups is 1. The average Bonchev–Trinajstić information content (AvgIpc) is 2.82. The number of likely N-dealkylation sites (tertiary alicyclic amines) is 1. The van der Waals surface area contributed by atoms with Crippen LogP contribution in [0.2, 0.25) is 0 Å². The van der Waals surface area contributed by atoms with Gasteiger partial charge in [0.1, 0.15) is 5.52 Å². The molecule has 1 aliphatic rings. The second kappa shape index (κ2) is 4.68. The molecule has 0 N–H and O–H groups in total. The molecule has 94 valence electrons. The third-order valence-corrected chi connectivity index (χ3v) is 4.14. The monoisotopic (exact) mass is 308 g/mol. The molecule has 0 atom stereocenters. The zero-order valence-corrected chi connectivity index (χ0v) is 11.4. The minimum absolute atomic E-state index is 0.0805. The van der Waals surface area contributed by atoms with E-state index in [0.29, 0.717) is 4.83 Å². The summed E-state index contributed by atoms with van der Waals surface area (Å²) in [4.78, 5) is 14.7. The first-order valence-electron chi connectivity index (χ1n) is 5.99. The molecule has 1 aliphatic heterocycles. The van der Waals surface area contributed by atoms with E-state index < -0.39 is 0 Å². The number of alkyl halides is 1. The number of para-hydroxylation sites is 1. The molecule has 0 radical (unpaired) electrons. The van der Waals surface area contributed by atoms with Crippen molar-refractivity contribution in [2.45, 2.75) is 17.7 Å². The Morgan fingerprint density at radius 3 is 2.78 bits per heavy atom. The largest absolute Gasteiger partial charge is 0.346 e. The fraction of sp³-hybridized carbons (Fsp3) is 0.417. The molecule has 6 heteroatoms. The molecular formula is C12H13BrN4O. The van der Waals surface area contributed by atoms with Crippen molar-refractivity contribution in [3.63, 3.8) is 0 Å². The second-order valence-electron chi connectivity index (χ2n) is 4.43. The van der Waals surface area contributed by atoms with Crippen LogP contribution in [0.1, 0.15) is 12.8 Å². The number of hydrogen-bond donors (Lipinski definition) is 0. The Morgan fingerprint density at radius 1 is 1.28 bits per heavy atom. The average molecular weight is 309 g/mol. The number of carbonyl (C=O) groups excluding carboxylic acids is 1. The smallest absolute Gasteiger partial charge is 0.323 e. The maximum atomic E-state index is 12.4. The van der Waals surface area contributed by atoms with Crippen molar-refractivity contribution in [2.75, 3.05) is 13.1 Å². The van der Waals surface area contributed by atoms with Crippen LogP contribution in [0.4, 0.5) is 4.79 Å². The van der Waals surface area contributed by atoms with Gasteiger partial charge in [-0.15, -0.1) is 5.10 Å². The van der Waals surface area contributed by atoms with E-state index in [9.17, 15) is 4.79 Å². The Hall–Kier alpha value is -1.43. The van der Waals surface area contributed by atoms with E-state index in [0.717, 1.165) is 37.0 Å². The van der Waals surface area contributed by atoms with Crippen LogP contribution in [0.15, 0.2) is 24.3 Å². The standard InChI is InChI=1S/C12H13BrN4O/c13-9-5-7-16(8-6-9)12(18)17-11-4-2-1-3-10(11)14-15-17/h1-4,9H,5-8H2. The van der Waals surface area contributed by atoms with Crippen LogP contribution in [0.25, 0.3) is 11.0 Å². The number of halogens is 1. The third-order valence-electron chi connectivity index (χ3n) is 3.23. The van der Waals surface area contributed by atoms with Crippen molar-refractivity contribution < 1.29 is 4.79 Å². The van der Waals surface area contributed by atoms with Gasteiger partial charge in [0.15, 0.2) is 0 Å². The van der Waals surface area contributed by atoms with Gasteiger partial charge in [0.05, 0.1) is 5.52 Å². The van der Waals surface area contributed by atoms with Crippen molar-refractivity contribution in [3.05, 3.63) is 24.3 Å². The molecular weight excluding hydrogens is 296 g/mol. The highest BCUT2D eigenvalue weighted by Gasteiger charge is 2.24. The van der Waals surface area contributed by atoms with Crippen molar-refractivity contribution in [2.24, 2.45) is 0 Å². The molecule has 2 aromatic rings. The van der Waals surface area contributed by atoms with Gasteiger partial charge in [0.2, 0.25) is 0 Å². The summed E-state index contributed by atoms with van der Waals surface area (Å²) < 4.78 is 1.39. The quantitative estimate of drug-likeness (QED) is 0.701. The fourth-order valence-electron chi connectivity index (χ4n) is 2.18. The van der Waals surface area contributed by atoms with Gasteiger partial charge < -0.3 is 4.90 Å². The molecule has 1 aromatic heterocycles. The predicted octanol–water partition coefficient (Wildman–Crippen LogP) is 2.26. The number of piperidine rings is 1. The number of fused-ring (bicyclic) bond motifs is 1. The molecule has 1 saturated heterocycles. The van der Waals surface area contributed by atoms with Crippen LogP contribution in [0, 0.1) is 0 Å². The lowest BCUT2D eigenvalue weighted by Gasteiger charge is -2.28. The summed E-state index contributed by atoms with van der Waals surface area (Å²) in [7, 11) is 0. The summed E-state index contributed by atoms with van der Waals surface area (Å²) in [6.07, 6.45) is 1.97. The third kappa shape index (κ3) is 2.01. The number of nitrogens with zero attached hydrogens (tertiary/aromatic N) is 4. The first kappa shape index (κ1) is 11.6. The molecule has 0 bridgehead atoms. The molecule has 18 heavy (non-hydrogen) atoms. The highest BCUT2D eigenvalue weighted by molar-refractivity contribution is 9.09. The molecule has 1 fully saturated rings. The fourth-order valence-corrected chi connectivity index (χ4v) is 2.59. The number of amides is 1. The molecule has 0 unspecified atom stereocenters. The van der Waals surface area contributed by atoms with E-state index in [4.69, 9.17) is 0 Å². The summed E-state index contributed by atoms with van der Waals surface area (Å²) in [6.45, 7) is 1.53. The number of benzene rings is 1. The van der Waals surface area contributed by atoms with Crippen molar-refractivity contribution in [1.82, 2.24) is 19.9 Å². The molecule has 5 nitrogen and oxygen atoms in total. The van der Waals surface area contributed by atoms with Crippen molar-refractivity contribution in [3.8, 4) is 0 Å². The summed E-state index contributed by atoms with van der Waals surface area (Å²) in [5.74, 6) is 0. The highest BCUT2D eigenvalue weighted by Crippen LogP contribution is 2.19. The lowest BCUT2D eigenvalue weighted by atomic mass is 10.1. The van der Waals surface area contributed by atoms with Crippen molar-refractivity contribution >= 4 is 33.0 Å². The Bertz CT molecular complexity index is 574. The van der Waals surface area contributed by atoms with Gasteiger partial charge in [0.25, 0.3) is 0 Å². The molecule has 0 spiro atoms. The molecule has 1 aromatic carbocycles. The van der Waals surface area contributed by atoms with Gasteiger partial charge in [-0.3, -0.25) is 0 Å². The molecule has 0 aliphatic carbocycles. The van der Waals surface area contributed by atoms with E-state index in [1.807, 2.05) is 29.2 Å². The first-order chi connectivity index (χ1) is 8.75. The van der Waals surface area contributed by atoms with Gasteiger partial charge in [-0.05, 0) is 25.0 Å². The van der Waals surface area contributed by atoms with E-state index in [1.165, 1.54) is 4.68 Å². The number of rotatable bonds is 0. The maximum Gasteiger partial charge on any atom is 0.346 e. The van der Waals surface area contributed by atoms with Crippen LogP contribution < -0.4 is 0 Å². The molecule has 1 amide bonds. The molecule has 2 heterocycles. The minimum Gasteiger partial charge on any atom is -0.323 e. The molecule has 3 rings (SSSR count). The van der Waals surface area contributed by atoms with Gasteiger partial charge in [-0.2, -0.15) is 4.68 Å². The molecule has 0 saturated carbocycles. The van der Waals surface area contributed by atoms with Crippen LogP contribution in [-0.4, -0.2) is 43.8 Å². The summed E-state index contributed by atoms with van der Waals surface area (Å²) in [5.41, 5.74) is 1.52. The van der Waals surface area contributed by atoms with Crippen LogP contribution in [-0.2, 0) is 0 Å². The van der Waals surface area contributed by atoms with Gasteiger partial charge >= 0.3 is 6.03 Å². The lowest BCUT2D eigenvalue weighted by molar-refractivity contribution is 0.187. The zero-order chi connectivity index (χ0) is 12.5. The summed E-state index contributed by atoms with van der Waals surface area (Å²) >= 11 is 3.58. The van der Waals surface area contributed by atoms with E-state index in [1.54, 1.807) is 0 Å². The van der Waals surface area contributed by atoms with Gasteiger partial charge in [-0.1, -0.05) is 33.3 Å². The van der Waals surface area contributed by atoms with Crippen LogP contribution in [0.5, 0.6) is 0 Å². The Morgan fingerprint density at radius 2 is 2.00 bits per heavy atom. The normalized spacial score (nSPS) is 17.3. The van der Waals surface area contributed by atoms with E-state index >= 15 is 0 Å². The SMILES string of the molecule is O=C(N1CCC(Br)CC1)n1nnc2ccccc21. The second-order valence-corrected chi connectivity index (χ2v) is 5.73. The summed E-state index contributed by atoms with van der Waals surface area (Å²) in [6, 6.07) is 7.42. The Labute approximate surface area is 113 Å².